The second-order valence-electron chi connectivity index (χ2n) is 6.04. The molecular formula is C18H24N4O. The average molecular weight is 312 g/mol. The zero-order valence-electron chi connectivity index (χ0n) is 13.9. The summed E-state index contributed by atoms with van der Waals surface area (Å²) >= 11 is 0. The van der Waals surface area contributed by atoms with Crippen LogP contribution in [0.4, 0.5) is 5.82 Å². The first-order valence-electron chi connectivity index (χ1n) is 8.33. The highest BCUT2D eigenvalue weighted by Gasteiger charge is 2.21. The van der Waals surface area contributed by atoms with Gasteiger partial charge in [0.05, 0.1) is 12.3 Å². The number of aryl methyl sites for hydroxylation is 1. The number of hydrogen-bond donors (Lipinski definition) is 0. The predicted molar refractivity (Wildman–Crippen MR) is 90.5 cm³/mol. The lowest BCUT2D eigenvalue weighted by molar-refractivity contribution is 0.193. The van der Waals surface area contributed by atoms with E-state index in [1.807, 2.05) is 19.3 Å². The Hall–Kier alpha value is -2.01. The Kier molecular flexibility index (Phi) is 5.18. The average Bonchev–Trinajstić information content (AvgIpc) is 3.09. The van der Waals surface area contributed by atoms with Crippen molar-refractivity contribution in [3.05, 3.63) is 47.7 Å². The summed E-state index contributed by atoms with van der Waals surface area (Å²) in [4.78, 5) is 15.7. The lowest BCUT2D eigenvalue weighted by Gasteiger charge is -2.24. The minimum atomic E-state index is 0.403. The molecule has 23 heavy (non-hydrogen) atoms. The molecule has 0 aromatic carbocycles. The summed E-state index contributed by atoms with van der Waals surface area (Å²) < 4.78 is 5.51. The SMILES string of the molecule is CCCN(Cc1ccncc1)c1cc([C@@H]2CCOC2)nc(C)n1. The molecule has 3 rings (SSSR count). The van der Waals surface area contributed by atoms with Crippen molar-refractivity contribution < 1.29 is 4.74 Å². The maximum atomic E-state index is 5.51. The molecule has 2 aromatic rings. The van der Waals surface area contributed by atoms with Crippen molar-refractivity contribution in [3.63, 3.8) is 0 Å². The molecule has 122 valence electrons. The topological polar surface area (TPSA) is 51.1 Å². The van der Waals surface area contributed by atoms with Gasteiger partial charge in [-0.1, -0.05) is 6.92 Å². The van der Waals surface area contributed by atoms with Crippen molar-refractivity contribution in [2.75, 3.05) is 24.7 Å². The van der Waals surface area contributed by atoms with Gasteiger partial charge >= 0.3 is 0 Å². The minimum Gasteiger partial charge on any atom is -0.381 e. The second-order valence-corrected chi connectivity index (χ2v) is 6.04. The fraction of sp³-hybridized carbons (Fsp3) is 0.500. The number of nitrogens with zero attached hydrogens (tertiary/aromatic N) is 4. The van der Waals surface area contributed by atoms with Crippen LogP contribution in [0.15, 0.2) is 30.6 Å². The van der Waals surface area contributed by atoms with Crippen LogP contribution >= 0.6 is 0 Å². The molecule has 3 heterocycles. The van der Waals surface area contributed by atoms with Gasteiger partial charge in [-0.05, 0) is 37.5 Å². The van der Waals surface area contributed by atoms with E-state index in [0.717, 1.165) is 56.5 Å². The molecule has 0 spiro atoms. The van der Waals surface area contributed by atoms with Crippen molar-refractivity contribution in [1.29, 1.82) is 0 Å². The summed E-state index contributed by atoms with van der Waals surface area (Å²) in [6, 6.07) is 6.26. The molecule has 1 atom stereocenters. The third kappa shape index (κ3) is 4.05. The summed E-state index contributed by atoms with van der Waals surface area (Å²) in [7, 11) is 0. The summed E-state index contributed by atoms with van der Waals surface area (Å²) in [5.41, 5.74) is 2.36. The molecule has 0 saturated carbocycles. The van der Waals surface area contributed by atoms with Crippen LogP contribution in [0, 0.1) is 6.92 Å². The molecule has 1 aliphatic heterocycles. The molecule has 5 heteroatoms. The predicted octanol–water partition coefficient (Wildman–Crippen LogP) is 3.10. The minimum absolute atomic E-state index is 0.403. The van der Waals surface area contributed by atoms with Crippen molar-refractivity contribution in [2.24, 2.45) is 0 Å². The highest BCUT2D eigenvalue weighted by atomic mass is 16.5. The Balaban J connectivity index is 1.86. The molecule has 1 saturated heterocycles. The maximum absolute atomic E-state index is 5.51. The Bertz CT molecular complexity index is 626. The van der Waals surface area contributed by atoms with Gasteiger partial charge < -0.3 is 9.64 Å². The molecule has 0 radical (unpaired) electrons. The highest BCUT2D eigenvalue weighted by Crippen LogP contribution is 2.26. The number of rotatable bonds is 6. The molecule has 0 aliphatic carbocycles. The largest absolute Gasteiger partial charge is 0.381 e. The van der Waals surface area contributed by atoms with E-state index < -0.39 is 0 Å². The quantitative estimate of drug-likeness (QED) is 0.820. The van der Waals surface area contributed by atoms with E-state index >= 15 is 0 Å². The first-order valence-corrected chi connectivity index (χ1v) is 8.33. The third-order valence-corrected chi connectivity index (χ3v) is 4.13. The molecular weight excluding hydrogens is 288 g/mol. The van der Waals surface area contributed by atoms with Gasteiger partial charge in [-0.3, -0.25) is 4.98 Å². The van der Waals surface area contributed by atoms with E-state index in [9.17, 15) is 0 Å². The van der Waals surface area contributed by atoms with E-state index in [0.29, 0.717) is 5.92 Å². The van der Waals surface area contributed by atoms with Gasteiger partial charge in [0.15, 0.2) is 0 Å². The number of anilines is 1. The van der Waals surface area contributed by atoms with Crippen LogP contribution in [0.5, 0.6) is 0 Å². The van der Waals surface area contributed by atoms with Crippen LogP contribution in [-0.4, -0.2) is 34.7 Å². The summed E-state index contributed by atoms with van der Waals surface area (Å²) in [5, 5.41) is 0. The molecule has 5 nitrogen and oxygen atoms in total. The van der Waals surface area contributed by atoms with Crippen LogP contribution in [0.25, 0.3) is 0 Å². The molecule has 1 fully saturated rings. The first-order chi connectivity index (χ1) is 11.3. The van der Waals surface area contributed by atoms with Gasteiger partial charge in [-0.2, -0.15) is 0 Å². The number of aromatic nitrogens is 3. The van der Waals surface area contributed by atoms with Crippen molar-refractivity contribution in [3.8, 4) is 0 Å². The molecule has 0 amide bonds. The maximum Gasteiger partial charge on any atom is 0.132 e. The summed E-state index contributed by atoms with van der Waals surface area (Å²) in [6.45, 7) is 7.58. The molecule has 2 aromatic heterocycles. The van der Waals surface area contributed by atoms with Gasteiger partial charge in [0, 0.05) is 44.1 Å². The fourth-order valence-corrected chi connectivity index (χ4v) is 2.97. The number of hydrogen-bond acceptors (Lipinski definition) is 5. The number of ether oxygens (including phenoxy) is 1. The van der Waals surface area contributed by atoms with Crippen LogP contribution in [0.3, 0.4) is 0 Å². The third-order valence-electron chi connectivity index (χ3n) is 4.13. The van der Waals surface area contributed by atoms with Crippen molar-refractivity contribution in [2.45, 2.75) is 39.2 Å². The van der Waals surface area contributed by atoms with Crippen LogP contribution in [0.1, 0.15) is 42.8 Å². The van der Waals surface area contributed by atoms with Crippen LogP contribution in [-0.2, 0) is 11.3 Å². The highest BCUT2D eigenvalue weighted by molar-refractivity contribution is 5.41. The van der Waals surface area contributed by atoms with Crippen LogP contribution in [0.2, 0.25) is 0 Å². The zero-order valence-corrected chi connectivity index (χ0v) is 13.9. The Morgan fingerprint density at radius 2 is 2.09 bits per heavy atom. The smallest absolute Gasteiger partial charge is 0.132 e. The van der Waals surface area contributed by atoms with E-state index in [4.69, 9.17) is 4.74 Å². The van der Waals surface area contributed by atoms with E-state index in [1.54, 1.807) is 0 Å². The van der Waals surface area contributed by atoms with Gasteiger partial charge in [0.25, 0.3) is 0 Å². The summed E-state index contributed by atoms with van der Waals surface area (Å²) in [5.74, 6) is 2.25. The Morgan fingerprint density at radius 3 is 2.78 bits per heavy atom. The lowest BCUT2D eigenvalue weighted by Crippen LogP contribution is -2.25. The number of pyridine rings is 1. The zero-order chi connectivity index (χ0) is 16.1. The Morgan fingerprint density at radius 1 is 1.26 bits per heavy atom. The van der Waals surface area contributed by atoms with E-state index in [1.165, 1.54) is 5.56 Å². The van der Waals surface area contributed by atoms with Crippen LogP contribution < -0.4 is 4.90 Å². The van der Waals surface area contributed by atoms with Gasteiger partial charge in [-0.25, -0.2) is 9.97 Å². The molecule has 0 bridgehead atoms. The van der Waals surface area contributed by atoms with E-state index in [-0.39, 0.29) is 0 Å². The fourth-order valence-electron chi connectivity index (χ4n) is 2.97. The van der Waals surface area contributed by atoms with Gasteiger partial charge in [0.1, 0.15) is 11.6 Å². The van der Waals surface area contributed by atoms with Gasteiger partial charge in [-0.15, -0.1) is 0 Å². The first kappa shape index (κ1) is 15.9. The molecule has 1 aliphatic rings. The van der Waals surface area contributed by atoms with Crippen molar-refractivity contribution in [1.82, 2.24) is 15.0 Å². The van der Waals surface area contributed by atoms with Crippen molar-refractivity contribution >= 4 is 5.82 Å². The lowest BCUT2D eigenvalue weighted by atomic mass is 10.0. The molecule has 0 N–H and O–H groups in total. The van der Waals surface area contributed by atoms with E-state index in [2.05, 4.69) is 45.0 Å². The normalized spacial score (nSPS) is 17.4. The second kappa shape index (κ2) is 7.51. The molecule has 0 unspecified atom stereocenters. The Labute approximate surface area is 137 Å². The van der Waals surface area contributed by atoms with Gasteiger partial charge in [0.2, 0.25) is 0 Å². The monoisotopic (exact) mass is 312 g/mol. The summed E-state index contributed by atoms with van der Waals surface area (Å²) in [6.07, 6.45) is 5.81. The standard InChI is InChI=1S/C18H24N4O/c1-3-9-22(12-15-4-7-19-8-5-15)18-11-17(20-14(2)21-18)16-6-10-23-13-16/h4-5,7-8,11,16H,3,6,9-10,12-13H2,1-2H3/t16-/m1/s1.